The van der Waals surface area contributed by atoms with Gasteiger partial charge in [0.25, 0.3) is 0 Å². The molecule has 1 aromatic heterocycles. The van der Waals surface area contributed by atoms with Crippen molar-refractivity contribution in [2.75, 3.05) is 6.54 Å². The zero-order valence-corrected chi connectivity index (χ0v) is 13.0. The molecule has 3 rings (SSSR count). The number of hydrogen-bond donors (Lipinski definition) is 3. The fourth-order valence-corrected chi connectivity index (χ4v) is 3.12. The van der Waals surface area contributed by atoms with Gasteiger partial charge < -0.3 is 11.1 Å². The van der Waals surface area contributed by atoms with E-state index in [1.807, 2.05) is 6.20 Å². The van der Waals surface area contributed by atoms with Crippen LogP contribution < -0.4 is 11.1 Å². The Labute approximate surface area is 131 Å². The standard InChI is InChI=1S/C17H25N5/c18-17(21-15-5-3-1-2-4-6-15)19-10-9-13-7-8-14-12-20-22-16(14)11-13/h7-8,11-12,15H,1-6,9-10H2,(H,20,22)(H3,18,19,21). The van der Waals surface area contributed by atoms with Gasteiger partial charge in [0.2, 0.25) is 0 Å². The molecule has 1 aliphatic rings. The van der Waals surface area contributed by atoms with Crippen LogP contribution in [0.1, 0.15) is 44.1 Å². The summed E-state index contributed by atoms with van der Waals surface area (Å²) in [7, 11) is 0. The second-order valence-corrected chi connectivity index (χ2v) is 6.14. The number of hydrogen-bond acceptors (Lipinski definition) is 2. The zero-order chi connectivity index (χ0) is 15.2. The van der Waals surface area contributed by atoms with Gasteiger partial charge in [0.1, 0.15) is 0 Å². The Kier molecular flexibility index (Phi) is 4.93. The van der Waals surface area contributed by atoms with Crippen molar-refractivity contribution in [3.05, 3.63) is 30.0 Å². The predicted octanol–water partition coefficient (Wildman–Crippen LogP) is 2.73. The number of rotatable bonds is 4. The van der Waals surface area contributed by atoms with Gasteiger partial charge in [-0.2, -0.15) is 5.10 Å². The molecule has 4 N–H and O–H groups in total. The summed E-state index contributed by atoms with van der Waals surface area (Å²) in [6.07, 6.45) is 10.5. The van der Waals surface area contributed by atoms with Crippen LogP contribution in [0.15, 0.2) is 29.4 Å². The van der Waals surface area contributed by atoms with Gasteiger partial charge >= 0.3 is 0 Å². The first-order valence-corrected chi connectivity index (χ1v) is 8.30. The van der Waals surface area contributed by atoms with Gasteiger partial charge in [-0.3, -0.25) is 10.1 Å². The van der Waals surface area contributed by atoms with E-state index in [0.717, 1.165) is 17.3 Å². The molecule has 1 heterocycles. The first-order chi connectivity index (χ1) is 10.8. The highest BCUT2D eigenvalue weighted by Crippen LogP contribution is 2.17. The predicted molar refractivity (Wildman–Crippen MR) is 90.9 cm³/mol. The van der Waals surface area contributed by atoms with Crippen LogP contribution in [-0.2, 0) is 6.42 Å². The first kappa shape index (κ1) is 14.9. The van der Waals surface area contributed by atoms with E-state index in [1.54, 1.807) is 0 Å². The Morgan fingerprint density at radius 3 is 2.91 bits per heavy atom. The zero-order valence-electron chi connectivity index (χ0n) is 13.0. The normalized spacial score (nSPS) is 17.5. The summed E-state index contributed by atoms with van der Waals surface area (Å²) in [5.41, 5.74) is 8.34. The second-order valence-electron chi connectivity index (χ2n) is 6.14. The van der Waals surface area contributed by atoms with E-state index in [0.29, 0.717) is 18.5 Å². The maximum atomic E-state index is 6.02. The van der Waals surface area contributed by atoms with E-state index in [-0.39, 0.29) is 0 Å². The number of H-pyrrole nitrogens is 1. The van der Waals surface area contributed by atoms with Gasteiger partial charge in [-0.15, -0.1) is 0 Å². The molecule has 1 saturated carbocycles. The lowest BCUT2D eigenvalue weighted by Crippen LogP contribution is -2.40. The lowest BCUT2D eigenvalue weighted by molar-refractivity contribution is 0.530. The van der Waals surface area contributed by atoms with Gasteiger partial charge in [0.05, 0.1) is 11.7 Å². The molecule has 1 aromatic carbocycles. The molecule has 0 radical (unpaired) electrons. The molecule has 0 unspecified atom stereocenters. The number of aromatic nitrogens is 2. The monoisotopic (exact) mass is 299 g/mol. The fraction of sp³-hybridized carbons (Fsp3) is 0.529. The quantitative estimate of drug-likeness (QED) is 0.461. The highest BCUT2D eigenvalue weighted by Gasteiger charge is 2.12. The minimum absolute atomic E-state index is 0.507. The lowest BCUT2D eigenvalue weighted by Gasteiger charge is -2.16. The maximum Gasteiger partial charge on any atom is 0.188 e. The van der Waals surface area contributed by atoms with Crippen molar-refractivity contribution < 1.29 is 0 Å². The van der Waals surface area contributed by atoms with Crippen LogP contribution >= 0.6 is 0 Å². The molecular weight excluding hydrogens is 274 g/mol. The average molecular weight is 299 g/mol. The van der Waals surface area contributed by atoms with Gasteiger partial charge in [0, 0.05) is 18.0 Å². The molecule has 0 spiro atoms. The summed E-state index contributed by atoms with van der Waals surface area (Å²) in [6, 6.07) is 6.85. The van der Waals surface area contributed by atoms with Crippen molar-refractivity contribution in [2.45, 2.75) is 51.0 Å². The number of nitrogens with zero attached hydrogens (tertiary/aromatic N) is 2. The fourth-order valence-electron chi connectivity index (χ4n) is 3.12. The van der Waals surface area contributed by atoms with Crippen molar-refractivity contribution in [3.63, 3.8) is 0 Å². The largest absolute Gasteiger partial charge is 0.370 e. The Morgan fingerprint density at radius 2 is 2.09 bits per heavy atom. The van der Waals surface area contributed by atoms with Crippen molar-refractivity contribution >= 4 is 16.9 Å². The van der Waals surface area contributed by atoms with Crippen LogP contribution in [-0.4, -0.2) is 28.7 Å². The highest BCUT2D eigenvalue weighted by atomic mass is 15.1. The summed E-state index contributed by atoms with van der Waals surface area (Å²) >= 11 is 0. The third-order valence-corrected chi connectivity index (χ3v) is 4.40. The van der Waals surface area contributed by atoms with Crippen LogP contribution in [0.25, 0.3) is 10.9 Å². The molecule has 5 nitrogen and oxygen atoms in total. The van der Waals surface area contributed by atoms with E-state index in [4.69, 9.17) is 5.73 Å². The summed E-state index contributed by atoms with van der Waals surface area (Å²) in [5.74, 6) is 0.592. The third kappa shape index (κ3) is 4.00. The molecule has 0 bridgehead atoms. The summed E-state index contributed by atoms with van der Waals surface area (Å²) in [4.78, 5) is 4.47. The SMILES string of the molecule is NC(=NCCc1ccc2cn[nH]c2c1)NC1CCCCCC1. The third-order valence-electron chi connectivity index (χ3n) is 4.40. The average Bonchev–Trinajstić information content (AvgIpc) is 2.83. The molecule has 1 aliphatic carbocycles. The Balaban J connectivity index is 1.49. The van der Waals surface area contributed by atoms with Crippen molar-refractivity contribution in [1.82, 2.24) is 15.5 Å². The van der Waals surface area contributed by atoms with Crippen LogP contribution in [0.5, 0.6) is 0 Å². The lowest BCUT2D eigenvalue weighted by atomic mass is 10.1. The van der Waals surface area contributed by atoms with Crippen molar-refractivity contribution in [1.29, 1.82) is 0 Å². The molecule has 0 atom stereocenters. The Morgan fingerprint density at radius 1 is 1.27 bits per heavy atom. The van der Waals surface area contributed by atoms with Crippen LogP contribution in [0.2, 0.25) is 0 Å². The molecule has 0 aliphatic heterocycles. The summed E-state index contributed by atoms with van der Waals surface area (Å²) in [5, 5.41) is 11.6. The number of fused-ring (bicyclic) bond motifs is 1. The number of aromatic amines is 1. The van der Waals surface area contributed by atoms with Crippen LogP contribution in [0, 0.1) is 0 Å². The Hall–Kier alpha value is -2.04. The number of nitrogens with two attached hydrogens (primary N) is 1. The molecule has 22 heavy (non-hydrogen) atoms. The van der Waals surface area contributed by atoms with Crippen molar-refractivity contribution in [2.24, 2.45) is 10.7 Å². The van der Waals surface area contributed by atoms with E-state index in [1.165, 1.54) is 44.1 Å². The number of benzene rings is 1. The highest BCUT2D eigenvalue weighted by molar-refractivity contribution is 5.79. The number of nitrogens with one attached hydrogen (secondary N) is 2. The Bertz CT molecular complexity index is 623. The number of aliphatic imine (C=N–C) groups is 1. The smallest absolute Gasteiger partial charge is 0.188 e. The van der Waals surface area contributed by atoms with E-state index in [2.05, 4.69) is 38.7 Å². The van der Waals surface area contributed by atoms with Crippen molar-refractivity contribution in [3.8, 4) is 0 Å². The van der Waals surface area contributed by atoms with Gasteiger partial charge in [0.15, 0.2) is 5.96 Å². The van der Waals surface area contributed by atoms with Gasteiger partial charge in [-0.05, 0) is 30.9 Å². The number of guanidine groups is 1. The molecular formula is C17H25N5. The topological polar surface area (TPSA) is 79.1 Å². The molecule has 5 heteroatoms. The second kappa shape index (κ2) is 7.29. The molecule has 0 saturated heterocycles. The summed E-state index contributed by atoms with van der Waals surface area (Å²) < 4.78 is 0. The van der Waals surface area contributed by atoms with Crippen LogP contribution in [0.3, 0.4) is 0 Å². The molecule has 118 valence electrons. The van der Waals surface area contributed by atoms with Crippen LogP contribution in [0.4, 0.5) is 0 Å². The molecule has 2 aromatic rings. The minimum atomic E-state index is 0.507. The first-order valence-electron chi connectivity index (χ1n) is 8.30. The van der Waals surface area contributed by atoms with E-state index < -0.39 is 0 Å². The molecule has 0 amide bonds. The van der Waals surface area contributed by atoms with E-state index in [9.17, 15) is 0 Å². The summed E-state index contributed by atoms with van der Waals surface area (Å²) in [6.45, 7) is 0.713. The van der Waals surface area contributed by atoms with Gasteiger partial charge in [-0.25, -0.2) is 0 Å². The molecule has 1 fully saturated rings. The van der Waals surface area contributed by atoms with E-state index >= 15 is 0 Å². The van der Waals surface area contributed by atoms with Gasteiger partial charge in [-0.1, -0.05) is 37.8 Å². The maximum absolute atomic E-state index is 6.02. The minimum Gasteiger partial charge on any atom is -0.370 e.